The van der Waals surface area contributed by atoms with Gasteiger partial charge in [0.2, 0.25) is 0 Å². The molecule has 0 bridgehead atoms. The molecule has 0 aliphatic heterocycles. The minimum absolute atomic E-state index is 0.555. The van der Waals surface area contributed by atoms with Crippen LogP contribution in [-0.4, -0.2) is 43.6 Å². The Morgan fingerprint density at radius 2 is 1.72 bits per heavy atom. The van der Waals surface area contributed by atoms with Crippen LogP contribution in [0.5, 0.6) is 11.5 Å². The summed E-state index contributed by atoms with van der Waals surface area (Å²) in [5, 5.41) is 10.5. The minimum atomic E-state index is 0.555. The molecular weight excluding hydrogens is 392 g/mol. The molecule has 29 heavy (non-hydrogen) atoms. The maximum atomic E-state index is 5.99. The Labute approximate surface area is 170 Å². The fourth-order valence-corrected chi connectivity index (χ4v) is 3.32. The first-order chi connectivity index (χ1) is 14.2. The largest absolute Gasteiger partial charge is 0.493 e. The quantitative estimate of drug-likeness (QED) is 0.451. The molecule has 8 nitrogen and oxygen atoms in total. The summed E-state index contributed by atoms with van der Waals surface area (Å²) in [5.41, 5.74) is 3.02. The Balaban J connectivity index is 1.64. The number of hydrogen-bond acceptors (Lipinski definition) is 6. The maximum absolute atomic E-state index is 5.99. The highest BCUT2D eigenvalue weighted by atomic mass is 35.5. The molecule has 2 aromatic carbocycles. The highest BCUT2D eigenvalue weighted by molar-refractivity contribution is 6.30. The third-order valence-electron chi connectivity index (χ3n) is 4.62. The Kier molecular flexibility index (Phi) is 4.06. The molecule has 0 N–H and O–H groups in total. The van der Waals surface area contributed by atoms with Gasteiger partial charge < -0.3 is 9.47 Å². The first-order valence-corrected chi connectivity index (χ1v) is 9.13. The van der Waals surface area contributed by atoms with Crippen LogP contribution in [0.1, 0.15) is 0 Å². The molecule has 0 atom stereocenters. The van der Waals surface area contributed by atoms with E-state index in [1.807, 2.05) is 42.5 Å². The predicted molar refractivity (Wildman–Crippen MR) is 109 cm³/mol. The Morgan fingerprint density at radius 3 is 2.48 bits per heavy atom. The van der Waals surface area contributed by atoms with E-state index >= 15 is 0 Å². The first-order valence-electron chi connectivity index (χ1n) is 8.75. The van der Waals surface area contributed by atoms with Crippen molar-refractivity contribution in [1.82, 2.24) is 29.4 Å². The number of hydrogen-bond donors (Lipinski definition) is 0. The van der Waals surface area contributed by atoms with Gasteiger partial charge in [0.05, 0.1) is 31.5 Å². The molecule has 9 heteroatoms. The van der Waals surface area contributed by atoms with Crippen molar-refractivity contribution < 1.29 is 9.47 Å². The molecule has 0 unspecified atom stereocenters. The van der Waals surface area contributed by atoms with Crippen LogP contribution in [0.2, 0.25) is 5.02 Å². The second kappa shape index (κ2) is 6.75. The van der Waals surface area contributed by atoms with Gasteiger partial charge in [-0.2, -0.15) is 5.10 Å². The second-order valence-corrected chi connectivity index (χ2v) is 6.72. The summed E-state index contributed by atoms with van der Waals surface area (Å²) in [6, 6.07) is 13.0. The van der Waals surface area contributed by atoms with Gasteiger partial charge in [0, 0.05) is 10.6 Å². The number of ether oxygens (including phenoxy) is 2. The SMILES string of the molecule is COc1ccc(-c2nc3c4cnn(-c5ccc(Cl)cc5)c4ncn3n2)cc1OC. The molecule has 3 aromatic heterocycles. The van der Waals surface area contributed by atoms with Crippen LogP contribution in [0, 0.1) is 0 Å². The van der Waals surface area contributed by atoms with Gasteiger partial charge in [0.1, 0.15) is 6.33 Å². The maximum Gasteiger partial charge on any atom is 0.182 e. The van der Waals surface area contributed by atoms with Crippen LogP contribution in [0.4, 0.5) is 0 Å². The Morgan fingerprint density at radius 1 is 0.931 bits per heavy atom. The van der Waals surface area contributed by atoms with E-state index < -0.39 is 0 Å². The summed E-state index contributed by atoms with van der Waals surface area (Å²) >= 11 is 5.99. The van der Waals surface area contributed by atoms with Crippen LogP contribution in [0.25, 0.3) is 33.8 Å². The van der Waals surface area contributed by atoms with Gasteiger partial charge in [-0.25, -0.2) is 19.2 Å². The van der Waals surface area contributed by atoms with Crippen molar-refractivity contribution in [3.8, 4) is 28.6 Å². The molecule has 0 radical (unpaired) electrons. The van der Waals surface area contributed by atoms with Gasteiger partial charge >= 0.3 is 0 Å². The topological polar surface area (TPSA) is 79.4 Å². The van der Waals surface area contributed by atoms with E-state index in [9.17, 15) is 0 Å². The van der Waals surface area contributed by atoms with Crippen LogP contribution >= 0.6 is 11.6 Å². The number of benzene rings is 2. The van der Waals surface area contributed by atoms with Crippen molar-refractivity contribution in [2.24, 2.45) is 0 Å². The second-order valence-electron chi connectivity index (χ2n) is 6.29. The molecule has 0 saturated heterocycles. The van der Waals surface area contributed by atoms with Gasteiger partial charge in [-0.15, -0.1) is 5.10 Å². The van der Waals surface area contributed by atoms with Crippen molar-refractivity contribution in [3.63, 3.8) is 0 Å². The van der Waals surface area contributed by atoms with Crippen molar-refractivity contribution in [2.75, 3.05) is 14.2 Å². The average Bonchev–Trinajstić information content (AvgIpc) is 3.37. The van der Waals surface area contributed by atoms with Crippen LogP contribution in [-0.2, 0) is 0 Å². The molecule has 3 heterocycles. The Bertz CT molecular complexity index is 1340. The lowest BCUT2D eigenvalue weighted by Crippen LogP contribution is -1.98. The molecule has 0 amide bonds. The number of halogens is 1. The number of aromatic nitrogens is 6. The summed E-state index contributed by atoms with van der Waals surface area (Å²) in [7, 11) is 3.19. The number of nitrogens with zero attached hydrogens (tertiary/aromatic N) is 6. The van der Waals surface area contributed by atoms with E-state index in [0.29, 0.717) is 33.6 Å². The lowest BCUT2D eigenvalue weighted by molar-refractivity contribution is 0.355. The fourth-order valence-electron chi connectivity index (χ4n) is 3.19. The lowest BCUT2D eigenvalue weighted by atomic mass is 10.2. The average molecular weight is 407 g/mol. The molecule has 144 valence electrons. The molecule has 0 spiro atoms. The monoisotopic (exact) mass is 406 g/mol. The standard InChI is InChI=1S/C20H15ClN6O2/c1-28-16-8-3-12(9-17(16)29-2)18-24-20-15-10-23-27(14-6-4-13(21)5-7-14)19(15)22-11-26(20)25-18/h3-11H,1-2H3. The molecule has 5 rings (SSSR count). The third kappa shape index (κ3) is 2.85. The van der Waals surface area contributed by atoms with E-state index in [1.54, 1.807) is 35.9 Å². The summed E-state index contributed by atoms with van der Waals surface area (Å²) in [5.74, 6) is 1.82. The summed E-state index contributed by atoms with van der Waals surface area (Å²) < 4.78 is 14.1. The van der Waals surface area contributed by atoms with Crippen molar-refractivity contribution in [2.45, 2.75) is 0 Å². The predicted octanol–water partition coefficient (Wildman–Crippen LogP) is 3.80. The smallest absolute Gasteiger partial charge is 0.182 e. The van der Waals surface area contributed by atoms with Crippen LogP contribution in [0.15, 0.2) is 55.0 Å². The molecule has 0 saturated carbocycles. The summed E-state index contributed by atoms with van der Waals surface area (Å²) in [6.45, 7) is 0. The molecular formula is C20H15ClN6O2. The van der Waals surface area contributed by atoms with Crippen molar-refractivity contribution >= 4 is 28.3 Å². The van der Waals surface area contributed by atoms with Gasteiger partial charge in [-0.3, -0.25) is 0 Å². The third-order valence-corrected chi connectivity index (χ3v) is 4.87. The van der Waals surface area contributed by atoms with E-state index in [1.165, 1.54) is 0 Å². The highest BCUT2D eigenvalue weighted by Gasteiger charge is 2.15. The van der Waals surface area contributed by atoms with E-state index in [2.05, 4.69) is 15.2 Å². The summed E-state index contributed by atoms with van der Waals surface area (Å²) in [6.07, 6.45) is 3.36. The zero-order chi connectivity index (χ0) is 20.0. The van der Waals surface area contributed by atoms with Crippen molar-refractivity contribution in [3.05, 3.63) is 60.0 Å². The normalized spacial score (nSPS) is 11.3. The lowest BCUT2D eigenvalue weighted by Gasteiger charge is -2.07. The van der Waals surface area contributed by atoms with E-state index in [-0.39, 0.29) is 0 Å². The molecule has 0 fully saturated rings. The zero-order valence-corrected chi connectivity index (χ0v) is 16.3. The molecule has 5 aromatic rings. The fraction of sp³-hybridized carbons (Fsp3) is 0.100. The summed E-state index contributed by atoms with van der Waals surface area (Å²) in [4.78, 5) is 9.22. The highest BCUT2D eigenvalue weighted by Crippen LogP contribution is 2.31. The molecule has 0 aliphatic rings. The minimum Gasteiger partial charge on any atom is -0.493 e. The zero-order valence-electron chi connectivity index (χ0n) is 15.6. The van der Waals surface area contributed by atoms with Gasteiger partial charge in [0.25, 0.3) is 0 Å². The first kappa shape index (κ1) is 17.4. The van der Waals surface area contributed by atoms with Gasteiger partial charge in [-0.05, 0) is 42.5 Å². The Hall–Kier alpha value is -3.65. The number of rotatable bonds is 4. The molecule has 0 aliphatic carbocycles. The van der Waals surface area contributed by atoms with Gasteiger partial charge in [-0.1, -0.05) is 11.6 Å². The van der Waals surface area contributed by atoms with Crippen molar-refractivity contribution in [1.29, 1.82) is 0 Å². The van der Waals surface area contributed by atoms with Gasteiger partial charge in [0.15, 0.2) is 28.6 Å². The van der Waals surface area contributed by atoms with E-state index in [4.69, 9.17) is 26.1 Å². The number of fused-ring (bicyclic) bond motifs is 3. The van der Waals surface area contributed by atoms with Crippen LogP contribution < -0.4 is 9.47 Å². The van der Waals surface area contributed by atoms with E-state index in [0.717, 1.165) is 16.6 Å². The van der Waals surface area contributed by atoms with Crippen LogP contribution in [0.3, 0.4) is 0 Å². The number of methoxy groups -OCH3 is 2.